The molecule has 1 aromatic carbocycles. The first-order valence-corrected chi connectivity index (χ1v) is 9.02. The van der Waals surface area contributed by atoms with E-state index in [9.17, 15) is 15.0 Å². The first-order chi connectivity index (χ1) is 12.0. The minimum absolute atomic E-state index is 0.324. The summed E-state index contributed by atoms with van der Waals surface area (Å²) in [4.78, 5) is 18.9. The average molecular weight is 340 g/mol. The molecule has 0 spiro atoms. The number of pyridine rings is 1. The Morgan fingerprint density at radius 1 is 1.32 bits per heavy atom. The van der Waals surface area contributed by atoms with E-state index in [4.69, 9.17) is 4.98 Å². The van der Waals surface area contributed by atoms with Crippen molar-refractivity contribution in [2.75, 3.05) is 18.0 Å². The summed E-state index contributed by atoms with van der Waals surface area (Å²) in [6, 6.07) is 10.0. The molecule has 1 aliphatic heterocycles. The lowest BCUT2D eigenvalue weighted by molar-refractivity contribution is -0.158. The van der Waals surface area contributed by atoms with Crippen LogP contribution in [0.3, 0.4) is 0 Å². The van der Waals surface area contributed by atoms with E-state index in [1.54, 1.807) is 0 Å². The van der Waals surface area contributed by atoms with Crippen molar-refractivity contribution in [2.45, 2.75) is 38.7 Å². The van der Waals surface area contributed by atoms with Crippen molar-refractivity contribution in [1.82, 2.24) is 4.98 Å². The Labute approximate surface area is 147 Å². The second kappa shape index (κ2) is 5.99. The minimum Gasteiger partial charge on any atom is -0.481 e. The summed E-state index contributed by atoms with van der Waals surface area (Å²) in [5.41, 5.74) is 0.974. The summed E-state index contributed by atoms with van der Waals surface area (Å²) >= 11 is 0. The number of aryl methyl sites for hydroxylation is 1. The summed E-state index contributed by atoms with van der Waals surface area (Å²) in [6.07, 6.45) is 2.40. The maximum atomic E-state index is 12.1. The zero-order valence-electron chi connectivity index (χ0n) is 14.5. The maximum absolute atomic E-state index is 12.1. The van der Waals surface area contributed by atoms with E-state index in [1.807, 2.05) is 29.2 Å². The molecule has 2 aromatic rings. The van der Waals surface area contributed by atoms with E-state index in [2.05, 4.69) is 13.0 Å². The van der Waals surface area contributed by atoms with E-state index in [0.717, 1.165) is 35.1 Å². The molecule has 1 saturated carbocycles. The van der Waals surface area contributed by atoms with Gasteiger partial charge in [-0.25, -0.2) is 4.98 Å². The van der Waals surface area contributed by atoms with Gasteiger partial charge in [0.25, 0.3) is 0 Å². The normalized spacial score (nSPS) is 26.8. The second-order valence-corrected chi connectivity index (χ2v) is 7.65. The van der Waals surface area contributed by atoms with E-state index < -0.39 is 17.5 Å². The third-order valence-electron chi connectivity index (χ3n) is 5.79. The van der Waals surface area contributed by atoms with Crippen molar-refractivity contribution < 1.29 is 15.0 Å². The van der Waals surface area contributed by atoms with Crippen LogP contribution in [-0.2, 0) is 4.79 Å². The van der Waals surface area contributed by atoms with Gasteiger partial charge in [0.1, 0.15) is 11.2 Å². The monoisotopic (exact) mass is 340 g/mol. The number of rotatable bonds is 4. The van der Waals surface area contributed by atoms with Crippen LogP contribution in [0.2, 0.25) is 0 Å². The Kier molecular flexibility index (Phi) is 3.91. The molecule has 1 aliphatic carbocycles. The predicted molar refractivity (Wildman–Crippen MR) is 96.7 cm³/mol. The molecule has 25 heavy (non-hydrogen) atoms. The molecule has 132 valence electrons. The van der Waals surface area contributed by atoms with Crippen LogP contribution < -0.4 is 4.90 Å². The molecule has 0 bridgehead atoms. The van der Waals surface area contributed by atoms with Gasteiger partial charge in [0.2, 0.25) is 0 Å². The van der Waals surface area contributed by atoms with Crippen LogP contribution in [-0.4, -0.2) is 40.4 Å². The number of hydrogen-bond acceptors (Lipinski definition) is 4. The molecule has 5 nitrogen and oxygen atoms in total. The van der Waals surface area contributed by atoms with Crippen molar-refractivity contribution in [3.05, 3.63) is 35.9 Å². The summed E-state index contributed by atoms with van der Waals surface area (Å²) in [5.74, 6) is 0.371. The van der Waals surface area contributed by atoms with Gasteiger partial charge in [-0.3, -0.25) is 4.79 Å². The highest BCUT2D eigenvalue weighted by atomic mass is 16.4. The smallest absolute Gasteiger partial charge is 0.314 e. The summed E-state index contributed by atoms with van der Waals surface area (Å²) in [6.45, 7) is 3.01. The van der Waals surface area contributed by atoms with Gasteiger partial charge >= 0.3 is 5.97 Å². The van der Waals surface area contributed by atoms with Crippen molar-refractivity contribution in [3.63, 3.8) is 0 Å². The van der Waals surface area contributed by atoms with Crippen LogP contribution in [0, 0.1) is 18.3 Å². The number of aliphatic hydroxyl groups is 1. The van der Waals surface area contributed by atoms with Crippen molar-refractivity contribution in [2.24, 2.45) is 11.3 Å². The topological polar surface area (TPSA) is 73.7 Å². The molecular weight excluding hydrogens is 316 g/mol. The van der Waals surface area contributed by atoms with Gasteiger partial charge in [0, 0.05) is 18.5 Å². The maximum Gasteiger partial charge on any atom is 0.314 e. The second-order valence-electron chi connectivity index (χ2n) is 7.65. The molecule has 5 heteroatoms. The molecule has 1 aromatic heterocycles. The van der Waals surface area contributed by atoms with Gasteiger partial charge in [0.05, 0.1) is 11.6 Å². The Hall–Kier alpha value is -2.14. The number of fused-ring (bicyclic) bond motifs is 1. The molecule has 0 radical (unpaired) electrons. The Bertz CT molecular complexity index is 818. The fraction of sp³-hybridized carbons (Fsp3) is 0.500. The Morgan fingerprint density at radius 2 is 2.08 bits per heavy atom. The van der Waals surface area contributed by atoms with Crippen LogP contribution in [0.5, 0.6) is 0 Å². The van der Waals surface area contributed by atoms with Crippen molar-refractivity contribution >= 4 is 22.7 Å². The number of carboxylic acid groups (broad SMARTS) is 1. The standard InChI is InChI=1S/C20H24N2O3/c1-13-10-18(21-16-5-3-2-4-15(13)16)22-9-8-17(23)20(12-22,19(24)25)11-14-6-7-14/h2-5,10,14,17,23H,6-9,11-12H2,1H3,(H,24,25)/t17-,20-/m0/s1. The number of aliphatic carboxylic acids is 1. The highest BCUT2D eigenvalue weighted by molar-refractivity contribution is 5.84. The van der Waals surface area contributed by atoms with Gasteiger partial charge in [-0.1, -0.05) is 31.0 Å². The van der Waals surface area contributed by atoms with Gasteiger partial charge in [-0.15, -0.1) is 0 Å². The van der Waals surface area contributed by atoms with Gasteiger partial charge in [-0.2, -0.15) is 0 Å². The van der Waals surface area contributed by atoms with Crippen molar-refractivity contribution in [1.29, 1.82) is 0 Å². The van der Waals surface area contributed by atoms with Crippen LogP contribution in [0.25, 0.3) is 10.9 Å². The molecule has 2 heterocycles. The lowest BCUT2D eigenvalue weighted by Crippen LogP contribution is -2.56. The molecule has 4 rings (SSSR count). The number of benzene rings is 1. The first-order valence-electron chi connectivity index (χ1n) is 9.02. The quantitative estimate of drug-likeness (QED) is 0.895. The lowest BCUT2D eigenvalue weighted by Gasteiger charge is -2.44. The van der Waals surface area contributed by atoms with Gasteiger partial charge in [0.15, 0.2) is 0 Å². The van der Waals surface area contributed by atoms with Crippen LogP contribution >= 0.6 is 0 Å². The van der Waals surface area contributed by atoms with Crippen LogP contribution in [0.1, 0.15) is 31.2 Å². The number of hydrogen-bond donors (Lipinski definition) is 2. The lowest BCUT2D eigenvalue weighted by atomic mass is 9.73. The number of anilines is 1. The molecule has 2 aliphatic rings. The van der Waals surface area contributed by atoms with Crippen LogP contribution in [0.4, 0.5) is 5.82 Å². The van der Waals surface area contributed by atoms with Gasteiger partial charge < -0.3 is 15.1 Å². The molecule has 0 unspecified atom stereocenters. The number of carboxylic acids is 1. The summed E-state index contributed by atoms with van der Waals surface area (Å²) in [7, 11) is 0. The zero-order valence-corrected chi connectivity index (χ0v) is 14.5. The number of aromatic nitrogens is 1. The molecule has 2 atom stereocenters. The van der Waals surface area contributed by atoms with Crippen LogP contribution in [0.15, 0.2) is 30.3 Å². The average Bonchev–Trinajstić information content (AvgIpc) is 3.40. The highest BCUT2D eigenvalue weighted by Crippen LogP contribution is 2.45. The number of para-hydroxylation sites is 1. The zero-order chi connectivity index (χ0) is 17.6. The number of carbonyl (C=O) groups is 1. The fourth-order valence-corrected chi connectivity index (χ4v) is 4.10. The molecule has 2 N–H and O–H groups in total. The van der Waals surface area contributed by atoms with Gasteiger partial charge in [-0.05, 0) is 43.4 Å². The fourth-order valence-electron chi connectivity index (χ4n) is 4.10. The summed E-state index contributed by atoms with van der Waals surface area (Å²) in [5, 5.41) is 21.6. The van der Waals surface area contributed by atoms with E-state index >= 15 is 0 Å². The van der Waals surface area contributed by atoms with E-state index in [0.29, 0.717) is 31.8 Å². The van der Waals surface area contributed by atoms with Crippen molar-refractivity contribution in [3.8, 4) is 0 Å². The molecular formula is C20H24N2O3. The SMILES string of the molecule is Cc1cc(N2CC[C@H](O)[C@@](CC3CC3)(C(=O)O)C2)nc2ccccc12. The predicted octanol–water partition coefficient (Wildman–Crippen LogP) is 2.99. The van der Waals surface area contributed by atoms with E-state index in [1.165, 1.54) is 0 Å². The largest absolute Gasteiger partial charge is 0.481 e. The van der Waals surface area contributed by atoms with E-state index in [-0.39, 0.29) is 0 Å². The Balaban J connectivity index is 1.69. The molecule has 2 fully saturated rings. The number of nitrogens with zero attached hydrogens (tertiary/aromatic N) is 2. The first kappa shape index (κ1) is 16.3. The Morgan fingerprint density at radius 3 is 2.80 bits per heavy atom. The highest BCUT2D eigenvalue weighted by Gasteiger charge is 2.52. The molecule has 1 saturated heterocycles. The third-order valence-corrected chi connectivity index (χ3v) is 5.79. The number of aliphatic hydroxyl groups excluding tert-OH is 1. The summed E-state index contributed by atoms with van der Waals surface area (Å²) < 4.78 is 0. The minimum atomic E-state index is -1.08. The molecule has 0 amide bonds. The third kappa shape index (κ3) is 2.86. The number of piperidine rings is 1.